The number of ether oxygens (including phenoxy) is 1. The normalized spacial score (nSPS) is 10.7. The maximum atomic E-state index is 10.3. The molecule has 5 heteroatoms. The van der Waals surface area contributed by atoms with Gasteiger partial charge in [0.2, 0.25) is 0 Å². The number of anilines is 3. The van der Waals surface area contributed by atoms with Crippen molar-refractivity contribution in [3.63, 3.8) is 0 Å². The molecule has 3 N–H and O–H groups in total. The van der Waals surface area contributed by atoms with Gasteiger partial charge in [-0.2, -0.15) is 0 Å². The highest BCUT2D eigenvalue weighted by atomic mass is 16.5. The minimum Gasteiger partial charge on any atom is -0.508 e. The summed E-state index contributed by atoms with van der Waals surface area (Å²) in [6.45, 7) is 5.70. The van der Waals surface area contributed by atoms with Crippen LogP contribution in [0.3, 0.4) is 0 Å². The average molecular weight is 428 g/mol. The summed E-state index contributed by atoms with van der Waals surface area (Å²) in [5.41, 5.74) is 4.81. The summed E-state index contributed by atoms with van der Waals surface area (Å²) in [5.74, 6) is 1.47. The van der Waals surface area contributed by atoms with E-state index < -0.39 is 0 Å². The number of benzene rings is 4. The molecule has 0 spiro atoms. The van der Waals surface area contributed by atoms with E-state index in [1.165, 1.54) is 0 Å². The number of aromatic hydroxyl groups is 3. The first-order valence-corrected chi connectivity index (χ1v) is 10.3. The molecule has 5 nitrogen and oxygen atoms in total. The van der Waals surface area contributed by atoms with E-state index in [1.807, 2.05) is 68.1 Å². The van der Waals surface area contributed by atoms with Gasteiger partial charge in [-0.15, -0.1) is 0 Å². The van der Waals surface area contributed by atoms with Crippen LogP contribution < -0.4 is 9.64 Å². The average Bonchev–Trinajstić information content (AvgIpc) is 2.67. The van der Waals surface area contributed by atoms with Crippen molar-refractivity contribution in [2.45, 2.75) is 20.8 Å². The van der Waals surface area contributed by atoms with E-state index >= 15 is 0 Å². The van der Waals surface area contributed by atoms with Gasteiger partial charge in [0.15, 0.2) is 5.75 Å². The summed E-state index contributed by atoms with van der Waals surface area (Å²) < 4.78 is 6.19. The van der Waals surface area contributed by atoms with Crippen LogP contribution in [-0.4, -0.2) is 15.3 Å². The predicted molar refractivity (Wildman–Crippen MR) is 127 cm³/mol. The zero-order chi connectivity index (χ0) is 22.8. The van der Waals surface area contributed by atoms with Gasteiger partial charge >= 0.3 is 0 Å². The summed E-state index contributed by atoms with van der Waals surface area (Å²) in [6, 6.07) is 23.2. The fraction of sp³-hybridized carbons (Fsp3) is 0.111. The van der Waals surface area contributed by atoms with Gasteiger partial charge in [0.05, 0.1) is 17.1 Å². The van der Waals surface area contributed by atoms with E-state index in [0.717, 1.165) is 28.1 Å². The molecule has 0 saturated carbocycles. The highest BCUT2D eigenvalue weighted by Gasteiger charge is 2.19. The van der Waals surface area contributed by atoms with Crippen molar-refractivity contribution in [1.29, 1.82) is 0 Å². The van der Waals surface area contributed by atoms with Gasteiger partial charge in [0.1, 0.15) is 23.0 Å². The summed E-state index contributed by atoms with van der Waals surface area (Å²) in [5, 5.41) is 30.5. The Morgan fingerprint density at radius 1 is 0.594 bits per heavy atom. The van der Waals surface area contributed by atoms with E-state index in [2.05, 4.69) is 0 Å². The maximum absolute atomic E-state index is 10.3. The predicted octanol–water partition coefficient (Wildman–Crippen LogP) is 6.99. The SMILES string of the molecule is Cc1cc(O)cc(Oc2ccccc2N(c2cc(C)cc(O)c2)c2cc(C)cc(O)c2)c1. The number of phenolic OH excluding ortho intramolecular Hbond substituents is 3. The molecule has 0 aliphatic rings. The molecule has 0 saturated heterocycles. The highest BCUT2D eigenvalue weighted by molar-refractivity contribution is 5.82. The molecule has 0 atom stereocenters. The smallest absolute Gasteiger partial charge is 0.151 e. The molecular weight excluding hydrogens is 402 g/mol. The van der Waals surface area contributed by atoms with Crippen molar-refractivity contribution >= 4 is 17.1 Å². The molecule has 0 bridgehead atoms. The maximum Gasteiger partial charge on any atom is 0.151 e. The van der Waals surface area contributed by atoms with Gasteiger partial charge in [-0.1, -0.05) is 12.1 Å². The van der Waals surface area contributed by atoms with Gasteiger partial charge in [-0.05, 0) is 86.0 Å². The number of rotatable bonds is 5. The molecular formula is C27H25NO4. The van der Waals surface area contributed by atoms with Crippen molar-refractivity contribution < 1.29 is 20.1 Å². The second-order valence-corrected chi connectivity index (χ2v) is 7.96. The Labute approximate surface area is 187 Å². The van der Waals surface area contributed by atoms with Crippen LogP contribution in [0.2, 0.25) is 0 Å². The topological polar surface area (TPSA) is 73.2 Å². The van der Waals surface area contributed by atoms with Crippen molar-refractivity contribution in [3.05, 3.63) is 95.6 Å². The van der Waals surface area contributed by atoms with Gasteiger partial charge in [0, 0.05) is 18.2 Å². The van der Waals surface area contributed by atoms with Crippen LogP contribution in [0.4, 0.5) is 17.1 Å². The van der Waals surface area contributed by atoms with Crippen LogP contribution in [-0.2, 0) is 0 Å². The summed E-state index contributed by atoms with van der Waals surface area (Å²) in [7, 11) is 0. The molecule has 32 heavy (non-hydrogen) atoms. The fourth-order valence-corrected chi connectivity index (χ4v) is 3.81. The lowest BCUT2D eigenvalue weighted by Crippen LogP contribution is -2.11. The number of hydrogen-bond donors (Lipinski definition) is 3. The highest BCUT2D eigenvalue weighted by Crippen LogP contribution is 2.44. The van der Waals surface area contributed by atoms with Crippen LogP contribution in [0.25, 0.3) is 0 Å². The molecule has 4 rings (SSSR count). The zero-order valence-electron chi connectivity index (χ0n) is 18.2. The standard InChI is InChI=1S/C27H25NO4/c1-17-8-20(14-22(29)10-17)28(21-9-18(2)11-23(30)15-21)26-6-4-5-7-27(26)32-25-13-19(3)12-24(31)16-25/h4-16,29-31H,1-3H3. The lowest BCUT2D eigenvalue weighted by atomic mass is 10.1. The van der Waals surface area contributed by atoms with E-state index in [0.29, 0.717) is 17.2 Å². The first-order valence-electron chi connectivity index (χ1n) is 10.3. The molecule has 0 amide bonds. The van der Waals surface area contributed by atoms with E-state index in [1.54, 1.807) is 36.4 Å². The third kappa shape index (κ3) is 4.62. The molecule has 0 aliphatic carbocycles. The minimum atomic E-state index is 0.126. The number of phenols is 3. The number of nitrogens with zero attached hydrogens (tertiary/aromatic N) is 1. The van der Waals surface area contributed by atoms with Crippen LogP contribution in [0.1, 0.15) is 16.7 Å². The first-order chi connectivity index (χ1) is 15.3. The molecule has 0 aromatic heterocycles. The second-order valence-electron chi connectivity index (χ2n) is 7.96. The minimum absolute atomic E-state index is 0.126. The lowest BCUT2D eigenvalue weighted by Gasteiger charge is -2.28. The van der Waals surface area contributed by atoms with Gasteiger partial charge in [-0.3, -0.25) is 0 Å². The van der Waals surface area contributed by atoms with Gasteiger partial charge in [-0.25, -0.2) is 0 Å². The van der Waals surface area contributed by atoms with Crippen molar-refractivity contribution in [1.82, 2.24) is 0 Å². The first kappa shape index (κ1) is 21.1. The molecule has 0 unspecified atom stereocenters. The Hall–Kier alpha value is -4.12. The monoisotopic (exact) mass is 427 g/mol. The molecule has 0 aliphatic heterocycles. The molecule has 4 aromatic rings. The van der Waals surface area contributed by atoms with Crippen LogP contribution >= 0.6 is 0 Å². The molecule has 162 valence electrons. The quantitative estimate of drug-likeness (QED) is 0.320. The number of para-hydroxylation sites is 2. The number of hydrogen-bond acceptors (Lipinski definition) is 5. The second kappa shape index (κ2) is 8.55. The Kier molecular flexibility index (Phi) is 5.65. The Morgan fingerprint density at radius 2 is 1.09 bits per heavy atom. The lowest BCUT2D eigenvalue weighted by molar-refractivity contribution is 0.454. The molecule has 4 aromatic carbocycles. The largest absolute Gasteiger partial charge is 0.508 e. The molecule has 0 heterocycles. The Bertz CT molecular complexity index is 1170. The van der Waals surface area contributed by atoms with Gasteiger partial charge < -0.3 is 25.0 Å². The van der Waals surface area contributed by atoms with Crippen LogP contribution in [0.5, 0.6) is 28.7 Å². The van der Waals surface area contributed by atoms with E-state index in [4.69, 9.17) is 4.74 Å². The van der Waals surface area contributed by atoms with Crippen molar-refractivity contribution in [2.24, 2.45) is 0 Å². The Balaban J connectivity index is 1.90. The van der Waals surface area contributed by atoms with Crippen LogP contribution in [0, 0.1) is 20.8 Å². The fourth-order valence-electron chi connectivity index (χ4n) is 3.81. The molecule has 0 fully saturated rings. The van der Waals surface area contributed by atoms with Crippen molar-refractivity contribution in [2.75, 3.05) is 4.90 Å². The van der Waals surface area contributed by atoms with Gasteiger partial charge in [0.25, 0.3) is 0 Å². The zero-order valence-corrected chi connectivity index (χ0v) is 18.2. The Morgan fingerprint density at radius 3 is 1.62 bits per heavy atom. The summed E-state index contributed by atoms with van der Waals surface area (Å²) >= 11 is 0. The van der Waals surface area contributed by atoms with E-state index in [-0.39, 0.29) is 17.2 Å². The number of aryl methyl sites for hydroxylation is 3. The third-order valence-corrected chi connectivity index (χ3v) is 4.98. The summed E-state index contributed by atoms with van der Waals surface area (Å²) in [4.78, 5) is 1.92. The third-order valence-electron chi connectivity index (χ3n) is 4.98. The van der Waals surface area contributed by atoms with E-state index in [9.17, 15) is 15.3 Å². The van der Waals surface area contributed by atoms with Crippen LogP contribution in [0.15, 0.2) is 78.9 Å². The van der Waals surface area contributed by atoms with Crippen molar-refractivity contribution in [3.8, 4) is 28.7 Å². The molecule has 0 radical (unpaired) electrons. The summed E-state index contributed by atoms with van der Waals surface area (Å²) in [6.07, 6.45) is 0.